The van der Waals surface area contributed by atoms with Crippen molar-refractivity contribution >= 4 is 28.3 Å². The Morgan fingerprint density at radius 2 is 2.25 bits per heavy atom. The molecule has 0 spiro atoms. The number of benzene rings is 1. The predicted molar refractivity (Wildman–Crippen MR) is 61.0 cm³/mol. The zero-order valence-corrected chi connectivity index (χ0v) is 8.82. The van der Waals surface area contributed by atoms with Crippen molar-refractivity contribution in [2.24, 2.45) is 0 Å². The maximum Gasteiger partial charge on any atom is 0.171 e. The summed E-state index contributed by atoms with van der Waals surface area (Å²) in [4.78, 5) is 0. The van der Waals surface area contributed by atoms with Crippen molar-refractivity contribution in [3.63, 3.8) is 0 Å². The fourth-order valence-corrected chi connectivity index (χ4v) is 1.82. The first-order valence-corrected chi connectivity index (χ1v) is 4.98. The minimum absolute atomic E-state index is 0.341. The molecule has 0 atom stereocenters. The number of anilines is 1. The van der Waals surface area contributed by atoms with Gasteiger partial charge in [0.25, 0.3) is 0 Å². The van der Waals surface area contributed by atoms with Gasteiger partial charge in [-0.25, -0.2) is 0 Å². The summed E-state index contributed by atoms with van der Waals surface area (Å²) in [7, 11) is 0. The standard InChI is InChI=1S/C10H7ClN4O/c11-10-6-3-1-2-5(9(6)13-14-10)7-4-8(12)15-16-7/h1-4H,(H2,12,15)(H,13,14). The number of halogens is 1. The van der Waals surface area contributed by atoms with Gasteiger partial charge in [0, 0.05) is 17.0 Å². The molecule has 1 aromatic carbocycles. The highest BCUT2D eigenvalue weighted by Crippen LogP contribution is 2.30. The van der Waals surface area contributed by atoms with Crippen molar-refractivity contribution < 1.29 is 4.52 Å². The van der Waals surface area contributed by atoms with E-state index in [1.807, 2.05) is 18.2 Å². The molecular formula is C10H7ClN4O. The Labute approximate surface area is 95.2 Å². The molecule has 2 aromatic heterocycles. The second kappa shape index (κ2) is 3.24. The van der Waals surface area contributed by atoms with Crippen LogP contribution >= 0.6 is 11.6 Å². The molecule has 0 aliphatic rings. The molecule has 16 heavy (non-hydrogen) atoms. The van der Waals surface area contributed by atoms with Crippen molar-refractivity contribution in [2.75, 3.05) is 5.73 Å². The summed E-state index contributed by atoms with van der Waals surface area (Å²) in [5, 5.41) is 11.8. The molecule has 2 heterocycles. The molecule has 0 aliphatic carbocycles. The lowest BCUT2D eigenvalue weighted by Gasteiger charge is -1.95. The molecule has 80 valence electrons. The van der Waals surface area contributed by atoms with Crippen LogP contribution < -0.4 is 5.73 Å². The van der Waals surface area contributed by atoms with Crippen LogP contribution in [0, 0.1) is 0 Å². The maximum atomic E-state index is 5.95. The number of aromatic nitrogens is 3. The fourth-order valence-electron chi connectivity index (χ4n) is 1.62. The molecule has 5 nitrogen and oxygen atoms in total. The molecule has 0 saturated heterocycles. The molecular weight excluding hydrogens is 228 g/mol. The van der Waals surface area contributed by atoms with Gasteiger partial charge < -0.3 is 10.3 Å². The lowest BCUT2D eigenvalue weighted by Crippen LogP contribution is -1.80. The maximum absolute atomic E-state index is 5.95. The van der Waals surface area contributed by atoms with E-state index in [2.05, 4.69) is 15.4 Å². The van der Waals surface area contributed by atoms with E-state index in [0.29, 0.717) is 16.7 Å². The second-order valence-corrected chi connectivity index (χ2v) is 3.73. The SMILES string of the molecule is Nc1cc(-c2cccc3c(Cl)[nH]nc23)on1. The molecule has 0 unspecified atom stereocenters. The van der Waals surface area contributed by atoms with E-state index in [1.165, 1.54) is 0 Å². The van der Waals surface area contributed by atoms with Gasteiger partial charge in [-0.1, -0.05) is 22.8 Å². The number of nitrogens with two attached hydrogens (primary N) is 1. The van der Waals surface area contributed by atoms with Crippen LogP contribution in [0.15, 0.2) is 28.8 Å². The second-order valence-electron chi connectivity index (χ2n) is 3.36. The third kappa shape index (κ3) is 1.25. The molecule has 0 amide bonds. The molecule has 0 radical (unpaired) electrons. The summed E-state index contributed by atoms with van der Waals surface area (Å²) in [6.45, 7) is 0. The summed E-state index contributed by atoms with van der Waals surface area (Å²) < 4.78 is 5.10. The van der Waals surface area contributed by atoms with E-state index >= 15 is 0 Å². The Bertz CT molecular complexity index is 658. The van der Waals surface area contributed by atoms with Gasteiger partial charge in [-0.2, -0.15) is 5.10 Å². The zero-order valence-electron chi connectivity index (χ0n) is 8.07. The Balaban J connectivity index is 2.31. The van der Waals surface area contributed by atoms with Gasteiger partial charge >= 0.3 is 0 Å². The van der Waals surface area contributed by atoms with Crippen molar-refractivity contribution in [2.45, 2.75) is 0 Å². The molecule has 0 aliphatic heterocycles. The largest absolute Gasteiger partial charge is 0.381 e. The van der Waals surface area contributed by atoms with Gasteiger partial charge in [-0.05, 0) is 12.1 Å². The van der Waals surface area contributed by atoms with E-state index in [0.717, 1.165) is 16.5 Å². The Morgan fingerprint density at radius 3 is 3.00 bits per heavy atom. The average molecular weight is 235 g/mol. The minimum Gasteiger partial charge on any atom is -0.381 e. The van der Waals surface area contributed by atoms with Gasteiger partial charge in [0.2, 0.25) is 0 Å². The van der Waals surface area contributed by atoms with Crippen LogP contribution in [-0.2, 0) is 0 Å². The third-order valence-corrected chi connectivity index (χ3v) is 2.62. The monoisotopic (exact) mass is 234 g/mol. The Hall–Kier alpha value is -2.01. The van der Waals surface area contributed by atoms with E-state index in [-0.39, 0.29) is 0 Å². The Kier molecular flexibility index (Phi) is 1.87. The first-order chi connectivity index (χ1) is 7.75. The molecule has 0 bridgehead atoms. The molecule has 3 rings (SSSR count). The van der Waals surface area contributed by atoms with Gasteiger partial charge in [0.15, 0.2) is 11.6 Å². The summed E-state index contributed by atoms with van der Waals surface area (Å²) in [6, 6.07) is 7.28. The number of para-hydroxylation sites is 1. The first kappa shape index (κ1) is 9.23. The van der Waals surface area contributed by atoms with Crippen LogP contribution in [-0.4, -0.2) is 15.4 Å². The van der Waals surface area contributed by atoms with Crippen molar-refractivity contribution in [1.82, 2.24) is 15.4 Å². The minimum atomic E-state index is 0.341. The number of nitrogens with zero attached hydrogens (tertiary/aromatic N) is 2. The number of rotatable bonds is 1. The lowest BCUT2D eigenvalue weighted by atomic mass is 10.1. The zero-order chi connectivity index (χ0) is 11.1. The van der Waals surface area contributed by atoms with Gasteiger partial charge in [-0.3, -0.25) is 5.10 Å². The lowest BCUT2D eigenvalue weighted by molar-refractivity contribution is 0.436. The van der Waals surface area contributed by atoms with Crippen LogP contribution in [0.5, 0.6) is 0 Å². The summed E-state index contributed by atoms with van der Waals surface area (Å²) in [5.74, 6) is 0.917. The summed E-state index contributed by atoms with van der Waals surface area (Å²) >= 11 is 5.95. The van der Waals surface area contributed by atoms with Crippen molar-refractivity contribution in [3.8, 4) is 11.3 Å². The molecule has 3 aromatic rings. The summed E-state index contributed by atoms with van der Waals surface area (Å²) in [6.07, 6.45) is 0. The van der Waals surface area contributed by atoms with Crippen LogP contribution in [0.25, 0.3) is 22.2 Å². The van der Waals surface area contributed by atoms with Crippen LogP contribution in [0.2, 0.25) is 5.15 Å². The highest BCUT2D eigenvalue weighted by Gasteiger charge is 2.12. The number of hydrogen-bond acceptors (Lipinski definition) is 4. The summed E-state index contributed by atoms with van der Waals surface area (Å²) in [5.41, 5.74) is 7.06. The number of nitrogen functional groups attached to an aromatic ring is 1. The molecule has 0 saturated carbocycles. The van der Waals surface area contributed by atoms with E-state index in [1.54, 1.807) is 6.07 Å². The number of H-pyrrole nitrogens is 1. The highest BCUT2D eigenvalue weighted by molar-refractivity contribution is 6.34. The number of nitrogens with one attached hydrogen (secondary N) is 1. The first-order valence-electron chi connectivity index (χ1n) is 4.61. The normalized spacial score (nSPS) is 11.1. The molecule has 0 fully saturated rings. The number of fused-ring (bicyclic) bond motifs is 1. The molecule has 3 N–H and O–H groups in total. The number of hydrogen-bond donors (Lipinski definition) is 2. The van der Waals surface area contributed by atoms with Crippen molar-refractivity contribution in [1.29, 1.82) is 0 Å². The highest BCUT2D eigenvalue weighted by atomic mass is 35.5. The Morgan fingerprint density at radius 1 is 1.38 bits per heavy atom. The third-order valence-electron chi connectivity index (χ3n) is 2.33. The topological polar surface area (TPSA) is 80.7 Å². The average Bonchev–Trinajstić information content (AvgIpc) is 2.86. The van der Waals surface area contributed by atoms with Gasteiger partial charge in [-0.15, -0.1) is 0 Å². The van der Waals surface area contributed by atoms with Crippen LogP contribution in [0.4, 0.5) is 5.82 Å². The van der Waals surface area contributed by atoms with Crippen molar-refractivity contribution in [3.05, 3.63) is 29.4 Å². The van der Waals surface area contributed by atoms with Gasteiger partial charge in [0.1, 0.15) is 10.7 Å². The van der Waals surface area contributed by atoms with Crippen LogP contribution in [0.3, 0.4) is 0 Å². The van der Waals surface area contributed by atoms with E-state index < -0.39 is 0 Å². The van der Waals surface area contributed by atoms with Crippen LogP contribution in [0.1, 0.15) is 0 Å². The number of aromatic amines is 1. The van der Waals surface area contributed by atoms with E-state index in [4.69, 9.17) is 21.9 Å². The van der Waals surface area contributed by atoms with Gasteiger partial charge in [0.05, 0.1) is 0 Å². The fraction of sp³-hybridized carbons (Fsp3) is 0. The smallest absolute Gasteiger partial charge is 0.171 e. The predicted octanol–water partition coefficient (Wildman–Crippen LogP) is 2.45. The van der Waals surface area contributed by atoms with E-state index in [9.17, 15) is 0 Å². The quantitative estimate of drug-likeness (QED) is 0.678. The molecule has 6 heteroatoms.